The van der Waals surface area contributed by atoms with E-state index in [0.717, 1.165) is 19.4 Å². The zero-order valence-electron chi connectivity index (χ0n) is 12.4. The fourth-order valence-electron chi connectivity index (χ4n) is 2.56. The van der Waals surface area contributed by atoms with Crippen molar-refractivity contribution in [1.29, 1.82) is 0 Å². The van der Waals surface area contributed by atoms with Crippen molar-refractivity contribution < 1.29 is 9.72 Å². The summed E-state index contributed by atoms with van der Waals surface area (Å²) in [7, 11) is 0. The summed E-state index contributed by atoms with van der Waals surface area (Å²) in [6.07, 6.45) is 5.30. The van der Waals surface area contributed by atoms with Gasteiger partial charge in [0.15, 0.2) is 0 Å². The molecule has 1 fully saturated rings. The normalized spacial score (nSPS) is 17.1. The van der Waals surface area contributed by atoms with Crippen LogP contribution in [0, 0.1) is 10.1 Å². The van der Waals surface area contributed by atoms with Gasteiger partial charge in [0.2, 0.25) is 0 Å². The lowest BCUT2D eigenvalue weighted by Crippen LogP contribution is -2.37. The number of aromatic nitrogens is 2. The van der Waals surface area contributed by atoms with Gasteiger partial charge in [-0.15, -0.1) is 0 Å². The standard InChI is InChI=1S/C15H17N5O3/c21-15(17-9-12-2-1-7-16-12)11-8-18-19(10-11)13-3-5-14(6-4-13)20(22)23/h3-6,8,10,12,16H,1-2,7,9H2,(H,17,21). The molecule has 1 atom stereocenters. The lowest BCUT2D eigenvalue weighted by atomic mass is 10.2. The van der Waals surface area contributed by atoms with Crippen LogP contribution in [-0.2, 0) is 0 Å². The molecule has 1 unspecified atom stereocenters. The number of nitro groups is 1. The second kappa shape index (κ2) is 6.57. The number of hydrogen-bond acceptors (Lipinski definition) is 5. The van der Waals surface area contributed by atoms with Crippen molar-refractivity contribution in [3.05, 3.63) is 52.3 Å². The Hall–Kier alpha value is -2.74. The van der Waals surface area contributed by atoms with Crippen molar-refractivity contribution in [2.75, 3.05) is 13.1 Å². The van der Waals surface area contributed by atoms with Crippen LogP contribution < -0.4 is 10.6 Å². The van der Waals surface area contributed by atoms with Gasteiger partial charge in [-0.1, -0.05) is 0 Å². The summed E-state index contributed by atoms with van der Waals surface area (Å²) in [5, 5.41) is 21.0. The molecule has 2 N–H and O–H groups in total. The first-order valence-electron chi connectivity index (χ1n) is 7.44. The van der Waals surface area contributed by atoms with Crippen LogP contribution in [0.2, 0.25) is 0 Å². The fraction of sp³-hybridized carbons (Fsp3) is 0.333. The molecule has 0 saturated carbocycles. The zero-order chi connectivity index (χ0) is 16.2. The van der Waals surface area contributed by atoms with Gasteiger partial charge in [-0.3, -0.25) is 14.9 Å². The topological polar surface area (TPSA) is 102 Å². The molecule has 8 nitrogen and oxygen atoms in total. The van der Waals surface area contributed by atoms with Crippen LogP contribution in [0.5, 0.6) is 0 Å². The van der Waals surface area contributed by atoms with Crippen LogP contribution >= 0.6 is 0 Å². The van der Waals surface area contributed by atoms with Crippen molar-refractivity contribution >= 4 is 11.6 Å². The van der Waals surface area contributed by atoms with Gasteiger partial charge in [0.25, 0.3) is 11.6 Å². The minimum Gasteiger partial charge on any atom is -0.350 e. The SMILES string of the molecule is O=C(NCC1CCCN1)c1cnn(-c2ccc([N+](=O)[O-])cc2)c1. The Bertz CT molecular complexity index is 704. The molecule has 1 aliphatic heterocycles. The summed E-state index contributed by atoms with van der Waals surface area (Å²) in [6, 6.07) is 6.33. The minimum absolute atomic E-state index is 0.0166. The highest BCUT2D eigenvalue weighted by Crippen LogP contribution is 2.15. The Morgan fingerprint density at radius 1 is 1.43 bits per heavy atom. The van der Waals surface area contributed by atoms with Gasteiger partial charge in [0.05, 0.1) is 22.4 Å². The van der Waals surface area contributed by atoms with Gasteiger partial charge in [0, 0.05) is 30.9 Å². The number of carbonyl (C=O) groups excluding carboxylic acids is 1. The smallest absolute Gasteiger partial charge is 0.269 e. The number of hydrogen-bond donors (Lipinski definition) is 2. The third kappa shape index (κ3) is 3.54. The molecule has 1 amide bonds. The number of non-ortho nitro benzene ring substituents is 1. The van der Waals surface area contributed by atoms with E-state index in [2.05, 4.69) is 15.7 Å². The van der Waals surface area contributed by atoms with Crippen molar-refractivity contribution in [2.24, 2.45) is 0 Å². The Labute approximate surface area is 132 Å². The molecule has 0 aliphatic carbocycles. The highest BCUT2D eigenvalue weighted by molar-refractivity contribution is 5.93. The van der Waals surface area contributed by atoms with Crippen molar-refractivity contribution in [2.45, 2.75) is 18.9 Å². The fourth-order valence-corrected chi connectivity index (χ4v) is 2.56. The highest BCUT2D eigenvalue weighted by Gasteiger charge is 2.16. The van der Waals surface area contributed by atoms with E-state index >= 15 is 0 Å². The molecule has 3 rings (SSSR count). The summed E-state index contributed by atoms with van der Waals surface area (Å²) in [6.45, 7) is 1.60. The summed E-state index contributed by atoms with van der Waals surface area (Å²) >= 11 is 0. The molecule has 2 aromatic rings. The van der Waals surface area contributed by atoms with E-state index in [0.29, 0.717) is 23.8 Å². The molecule has 120 valence electrons. The molecular formula is C15H17N5O3. The largest absolute Gasteiger partial charge is 0.350 e. The van der Waals surface area contributed by atoms with Gasteiger partial charge in [-0.05, 0) is 31.5 Å². The molecule has 2 heterocycles. The van der Waals surface area contributed by atoms with Crippen LogP contribution in [0.1, 0.15) is 23.2 Å². The monoisotopic (exact) mass is 315 g/mol. The van der Waals surface area contributed by atoms with Crippen LogP contribution in [0.3, 0.4) is 0 Å². The molecule has 0 radical (unpaired) electrons. The molecule has 1 saturated heterocycles. The number of nitrogens with zero attached hydrogens (tertiary/aromatic N) is 3. The van der Waals surface area contributed by atoms with Gasteiger partial charge >= 0.3 is 0 Å². The van der Waals surface area contributed by atoms with E-state index in [1.54, 1.807) is 18.3 Å². The second-order valence-electron chi connectivity index (χ2n) is 5.45. The number of nitrogens with one attached hydrogen (secondary N) is 2. The molecule has 0 spiro atoms. The first-order valence-corrected chi connectivity index (χ1v) is 7.44. The molecule has 1 aromatic heterocycles. The summed E-state index contributed by atoms with van der Waals surface area (Å²) < 4.78 is 1.52. The van der Waals surface area contributed by atoms with E-state index < -0.39 is 4.92 Å². The quantitative estimate of drug-likeness (QED) is 0.639. The van der Waals surface area contributed by atoms with E-state index in [-0.39, 0.29) is 11.6 Å². The number of rotatable bonds is 5. The Morgan fingerprint density at radius 3 is 2.87 bits per heavy atom. The Kier molecular flexibility index (Phi) is 4.33. The summed E-state index contributed by atoms with van der Waals surface area (Å²) in [5.74, 6) is -0.174. The minimum atomic E-state index is -0.456. The zero-order valence-corrected chi connectivity index (χ0v) is 12.4. The summed E-state index contributed by atoms with van der Waals surface area (Å²) in [4.78, 5) is 22.3. The average molecular weight is 315 g/mol. The Balaban J connectivity index is 1.64. The maximum atomic E-state index is 12.1. The first-order chi connectivity index (χ1) is 11.1. The van der Waals surface area contributed by atoms with Crippen LogP contribution in [0.25, 0.3) is 5.69 Å². The highest BCUT2D eigenvalue weighted by atomic mass is 16.6. The number of carbonyl (C=O) groups is 1. The second-order valence-corrected chi connectivity index (χ2v) is 5.45. The van der Waals surface area contributed by atoms with Crippen molar-refractivity contribution in [3.8, 4) is 5.69 Å². The molecular weight excluding hydrogens is 298 g/mol. The Morgan fingerprint density at radius 2 is 2.22 bits per heavy atom. The van der Waals surface area contributed by atoms with Gasteiger partial charge < -0.3 is 10.6 Å². The van der Waals surface area contributed by atoms with Crippen LogP contribution in [0.4, 0.5) is 5.69 Å². The molecule has 1 aliphatic rings. The predicted octanol–water partition coefficient (Wildman–Crippen LogP) is 1.26. The molecule has 8 heteroatoms. The predicted molar refractivity (Wildman–Crippen MR) is 83.6 cm³/mol. The lowest BCUT2D eigenvalue weighted by Gasteiger charge is -2.10. The van der Waals surface area contributed by atoms with Gasteiger partial charge in [0.1, 0.15) is 0 Å². The van der Waals surface area contributed by atoms with Crippen LogP contribution in [0.15, 0.2) is 36.7 Å². The van der Waals surface area contributed by atoms with E-state index in [1.165, 1.54) is 23.0 Å². The first kappa shape index (κ1) is 15.2. The van der Waals surface area contributed by atoms with Crippen molar-refractivity contribution in [1.82, 2.24) is 20.4 Å². The number of nitro benzene ring substituents is 1. The summed E-state index contributed by atoms with van der Waals surface area (Å²) in [5.41, 5.74) is 1.14. The van der Waals surface area contributed by atoms with Gasteiger partial charge in [-0.25, -0.2) is 4.68 Å². The third-order valence-corrected chi connectivity index (χ3v) is 3.84. The number of amides is 1. The molecule has 0 bridgehead atoms. The average Bonchev–Trinajstić information content (AvgIpc) is 3.24. The van der Waals surface area contributed by atoms with E-state index in [4.69, 9.17) is 0 Å². The third-order valence-electron chi connectivity index (χ3n) is 3.84. The number of benzene rings is 1. The maximum Gasteiger partial charge on any atom is 0.269 e. The maximum absolute atomic E-state index is 12.1. The van der Waals surface area contributed by atoms with Crippen LogP contribution in [-0.4, -0.2) is 39.7 Å². The van der Waals surface area contributed by atoms with Gasteiger partial charge in [-0.2, -0.15) is 5.10 Å². The molecule has 1 aromatic carbocycles. The van der Waals surface area contributed by atoms with E-state index in [1.807, 2.05) is 0 Å². The van der Waals surface area contributed by atoms with Crippen molar-refractivity contribution in [3.63, 3.8) is 0 Å². The lowest BCUT2D eigenvalue weighted by molar-refractivity contribution is -0.384. The molecule has 23 heavy (non-hydrogen) atoms. The van der Waals surface area contributed by atoms with E-state index in [9.17, 15) is 14.9 Å².